The van der Waals surface area contributed by atoms with E-state index in [2.05, 4.69) is 10.2 Å². The molecule has 0 aliphatic heterocycles. The minimum absolute atomic E-state index is 0.349. The molecule has 1 aromatic carbocycles. The van der Waals surface area contributed by atoms with Crippen molar-refractivity contribution < 1.29 is 9.53 Å². The van der Waals surface area contributed by atoms with Crippen molar-refractivity contribution >= 4 is 28.5 Å². The van der Waals surface area contributed by atoms with Gasteiger partial charge in [-0.05, 0) is 25.1 Å². The van der Waals surface area contributed by atoms with Crippen LogP contribution in [0.15, 0.2) is 18.2 Å². The molecule has 0 saturated carbocycles. The van der Waals surface area contributed by atoms with E-state index in [1.54, 1.807) is 25.1 Å². The van der Waals surface area contributed by atoms with Crippen LogP contribution in [0.5, 0.6) is 0 Å². The number of ether oxygens (including phenoxy) is 1. The Morgan fingerprint density at radius 1 is 1.60 bits per heavy atom. The fourth-order valence-corrected chi connectivity index (χ4v) is 1.52. The molecular weight excluding hydrogens is 216 g/mol. The van der Waals surface area contributed by atoms with Crippen molar-refractivity contribution in [3.8, 4) is 0 Å². The number of carbonyl (C=O) groups is 1. The zero-order valence-electron chi connectivity index (χ0n) is 8.08. The van der Waals surface area contributed by atoms with E-state index >= 15 is 0 Å². The second-order valence-electron chi connectivity index (χ2n) is 2.99. The summed E-state index contributed by atoms with van der Waals surface area (Å²) in [6.45, 7) is 2.13. The minimum atomic E-state index is -0.349. The highest BCUT2D eigenvalue weighted by Gasteiger charge is 2.09. The summed E-state index contributed by atoms with van der Waals surface area (Å²) >= 11 is 5.83. The summed E-state index contributed by atoms with van der Waals surface area (Å²) in [6, 6.07) is 5.06. The van der Waals surface area contributed by atoms with Crippen molar-refractivity contribution in [1.82, 2.24) is 10.2 Å². The Bertz CT molecular complexity index is 507. The van der Waals surface area contributed by atoms with Gasteiger partial charge in [0.25, 0.3) is 0 Å². The average molecular weight is 225 g/mol. The summed E-state index contributed by atoms with van der Waals surface area (Å²) in [5, 5.41) is 7.86. The minimum Gasteiger partial charge on any atom is -0.462 e. The molecule has 2 aromatic rings. The lowest BCUT2D eigenvalue weighted by Gasteiger charge is -2.00. The van der Waals surface area contributed by atoms with Gasteiger partial charge in [0.1, 0.15) is 5.15 Å². The van der Waals surface area contributed by atoms with Crippen LogP contribution in [0.1, 0.15) is 17.3 Å². The van der Waals surface area contributed by atoms with Crippen LogP contribution in [0.3, 0.4) is 0 Å². The molecule has 0 unspecified atom stereocenters. The van der Waals surface area contributed by atoms with E-state index in [1.807, 2.05) is 0 Å². The lowest BCUT2D eigenvalue weighted by atomic mass is 10.2. The summed E-state index contributed by atoms with van der Waals surface area (Å²) in [4.78, 5) is 11.4. The number of aromatic amines is 1. The fraction of sp³-hybridized carbons (Fsp3) is 0.200. The van der Waals surface area contributed by atoms with E-state index in [0.717, 1.165) is 5.39 Å². The van der Waals surface area contributed by atoms with Crippen LogP contribution in [-0.2, 0) is 4.74 Å². The highest BCUT2D eigenvalue weighted by Crippen LogP contribution is 2.21. The van der Waals surface area contributed by atoms with Gasteiger partial charge in [0, 0.05) is 5.39 Å². The molecule has 0 atom stereocenters. The van der Waals surface area contributed by atoms with Crippen LogP contribution < -0.4 is 0 Å². The van der Waals surface area contributed by atoms with Crippen molar-refractivity contribution in [2.45, 2.75) is 6.92 Å². The van der Waals surface area contributed by atoms with Crippen LogP contribution >= 0.6 is 11.6 Å². The quantitative estimate of drug-likeness (QED) is 0.797. The molecule has 78 valence electrons. The maximum Gasteiger partial charge on any atom is 0.338 e. The van der Waals surface area contributed by atoms with E-state index in [4.69, 9.17) is 16.3 Å². The third kappa shape index (κ3) is 1.80. The van der Waals surface area contributed by atoms with Crippen LogP contribution in [0.2, 0.25) is 5.15 Å². The highest BCUT2D eigenvalue weighted by atomic mass is 35.5. The predicted octanol–water partition coefficient (Wildman–Crippen LogP) is 2.39. The number of aromatic nitrogens is 2. The van der Waals surface area contributed by atoms with Gasteiger partial charge < -0.3 is 4.74 Å². The monoisotopic (exact) mass is 224 g/mol. The molecule has 0 aliphatic rings. The zero-order chi connectivity index (χ0) is 10.8. The Balaban J connectivity index is 2.43. The maximum absolute atomic E-state index is 11.4. The SMILES string of the molecule is CCOC(=O)c1ccc2c(Cl)[nH]nc2c1. The van der Waals surface area contributed by atoms with E-state index in [-0.39, 0.29) is 5.97 Å². The van der Waals surface area contributed by atoms with E-state index in [9.17, 15) is 4.79 Å². The first-order valence-electron chi connectivity index (χ1n) is 4.53. The second-order valence-corrected chi connectivity index (χ2v) is 3.37. The van der Waals surface area contributed by atoms with Crippen molar-refractivity contribution in [3.05, 3.63) is 28.9 Å². The van der Waals surface area contributed by atoms with Crippen LogP contribution in [0, 0.1) is 0 Å². The molecule has 0 saturated heterocycles. The van der Waals surface area contributed by atoms with E-state index < -0.39 is 0 Å². The molecule has 1 aromatic heterocycles. The first-order valence-corrected chi connectivity index (χ1v) is 4.91. The molecule has 1 heterocycles. The molecule has 0 amide bonds. The Labute approximate surface area is 91.2 Å². The number of fused-ring (bicyclic) bond motifs is 1. The third-order valence-corrected chi connectivity index (χ3v) is 2.31. The van der Waals surface area contributed by atoms with Crippen molar-refractivity contribution in [2.75, 3.05) is 6.61 Å². The smallest absolute Gasteiger partial charge is 0.338 e. The van der Waals surface area contributed by atoms with Gasteiger partial charge in [0.05, 0.1) is 17.7 Å². The van der Waals surface area contributed by atoms with Gasteiger partial charge in [-0.25, -0.2) is 4.79 Å². The van der Waals surface area contributed by atoms with Crippen LogP contribution in [-0.4, -0.2) is 22.8 Å². The Hall–Kier alpha value is -1.55. The Kier molecular flexibility index (Phi) is 2.60. The standard InChI is InChI=1S/C10H9ClN2O2/c1-2-15-10(14)6-3-4-7-8(5-6)12-13-9(7)11/h3-5H,2H2,1H3,(H,12,13). The van der Waals surface area contributed by atoms with Gasteiger partial charge in [-0.15, -0.1) is 0 Å². The van der Waals surface area contributed by atoms with Crippen molar-refractivity contribution in [3.63, 3.8) is 0 Å². The number of hydrogen-bond acceptors (Lipinski definition) is 3. The molecule has 4 nitrogen and oxygen atoms in total. The van der Waals surface area contributed by atoms with Crippen molar-refractivity contribution in [2.24, 2.45) is 0 Å². The summed E-state index contributed by atoms with van der Waals surface area (Å²) in [5.41, 5.74) is 1.14. The fourth-order valence-electron chi connectivity index (χ4n) is 1.32. The number of nitrogens with one attached hydrogen (secondary N) is 1. The number of hydrogen-bond donors (Lipinski definition) is 1. The molecule has 5 heteroatoms. The number of carbonyl (C=O) groups excluding carboxylic acids is 1. The van der Waals surface area contributed by atoms with Crippen LogP contribution in [0.4, 0.5) is 0 Å². The lowest BCUT2D eigenvalue weighted by Crippen LogP contribution is -2.03. The number of esters is 1. The number of halogens is 1. The normalized spacial score (nSPS) is 10.5. The second kappa shape index (κ2) is 3.90. The topological polar surface area (TPSA) is 55.0 Å². The molecule has 0 radical (unpaired) electrons. The Morgan fingerprint density at radius 2 is 2.40 bits per heavy atom. The summed E-state index contributed by atoms with van der Waals surface area (Å²) in [7, 11) is 0. The average Bonchev–Trinajstić information content (AvgIpc) is 2.60. The van der Waals surface area contributed by atoms with Gasteiger partial charge in [-0.1, -0.05) is 11.6 Å². The third-order valence-electron chi connectivity index (χ3n) is 2.02. The number of nitrogens with zero attached hydrogens (tertiary/aromatic N) is 1. The lowest BCUT2D eigenvalue weighted by molar-refractivity contribution is 0.0526. The molecule has 0 aliphatic carbocycles. The maximum atomic E-state index is 11.4. The number of rotatable bonds is 2. The predicted molar refractivity (Wildman–Crippen MR) is 57.1 cm³/mol. The number of benzene rings is 1. The zero-order valence-corrected chi connectivity index (χ0v) is 8.84. The number of H-pyrrole nitrogens is 1. The molecule has 2 rings (SSSR count). The molecule has 15 heavy (non-hydrogen) atoms. The summed E-state index contributed by atoms with van der Waals surface area (Å²) < 4.78 is 4.87. The van der Waals surface area contributed by atoms with E-state index in [1.165, 1.54) is 0 Å². The molecule has 0 fully saturated rings. The van der Waals surface area contributed by atoms with Gasteiger partial charge in [-0.2, -0.15) is 5.10 Å². The van der Waals surface area contributed by atoms with Gasteiger partial charge in [0.2, 0.25) is 0 Å². The molecule has 0 spiro atoms. The Morgan fingerprint density at radius 3 is 3.13 bits per heavy atom. The highest BCUT2D eigenvalue weighted by molar-refractivity contribution is 6.34. The first-order chi connectivity index (χ1) is 7.22. The van der Waals surface area contributed by atoms with Gasteiger partial charge in [0.15, 0.2) is 0 Å². The largest absolute Gasteiger partial charge is 0.462 e. The summed E-state index contributed by atoms with van der Waals surface area (Å²) in [5.74, 6) is -0.349. The van der Waals surface area contributed by atoms with E-state index in [0.29, 0.717) is 22.8 Å². The van der Waals surface area contributed by atoms with Crippen molar-refractivity contribution in [1.29, 1.82) is 0 Å². The molecule has 0 bridgehead atoms. The molecular formula is C10H9ClN2O2. The van der Waals surface area contributed by atoms with Gasteiger partial charge >= 0.3 is 5.97 Å². The summed E-state index contributed by atoms with van der Waals surface area (Å²) in [6.07, 6.45) is 0. The van der Waals surface area contributed by atoms with Crippen LogP contribution in [0.25, 0.3) is 10.9 Å². The molecule has 1 N–H and O–H groups in total. The first kappa shape index (κ1) is 9.98. The van der Waals surface area contributed by atoms with Gasteiger partial charge in [-0.3, -0.25) is 5.10 Å².